The molecule has 0 aliphatic carbocycles. The van der Waals surface area contributed by atoms with E-state index >= 15 is 0 Å². The number of thiophene rings is 1. The predicted molar refractivity (Wildman–Crippen MR) is 207 cm³/mol. The van der Waals surface area contributed by atoms with Crippen molar-refractivity contribution in [2.45, 2.75) is 0 Å². The average Bonchev–Trinajstić information content (AvgIpc) is 3.76. The Labute approximate surface area is 292 Å². The molecule has 234 valence electrons. The number of fused-ring (bicyclic) bond motifs is 6. The Morgan fingerprint density at radius 1 is 0.320 bits per heavy atom. The molecule has 0 saturated carbocycles. The van der Waals surface area contributed by atoms with E-state index in [9.17, 15) is 0 Å². The molecule has 0 unspecified atom stereocenters. The number of para-hydroxylation sites is 1. The summed E-state index contributed by atoms with van der Waals surface area (Å²) in [6.07, 6.45) is 0. The van der Waals surface area contributed by atoms with Crippen molar-refractivity contribution in [1.82, 2.24) is 15.0 Å². The summed E-state index contributed by atoms with van der Waals surface area (Å²) < 4.78 is 8.75. The van der Waals surface area contributed by atoms with Gasteiger partial charge in [0.05, 0.1) is 0 Å². The lowest BCUT2D eigenvalue weighted by molar-refractivity contribution is 0.669. The summed E-state index contributed by atoms with van der Waals surface area (Å²) in [6.45, 7) is 0. The van der Waals surface area contributed by atoms with Crippen LogP contribution in [0.1, 0.15) is 0 Å². The molecule has 3 heterocycles. The molecule has 0 bridgehead atoms. The summed E-state index contributed by atoms with van der Waals surface area (Å²) in [5, 5.41) is 4.74. The summed E-state index contributed by atoms with van der Waals surface area (Å²) in [7, 11) is 0. The molecule has 0 aliphatic rings. The van der Waals surface area contributed by atoms with Crippen LogP contribution in [-0.4, -0.2) is 15.0 Å². The molecule has 0 fully saturated rings. The minimum atomic E-state index is 0.623. The van der Waals surface area contributed by atoms with Crippen molar-refractivity contribution in [2.75, 3.05) is 0 Å². The molecule has 0 saturated heterocycles. The third-order valence-corrected chi connectivity index (χ3v) is 10.5. The number of benzene rings is 7. The monoisotopic (exact) mass is 657 g/mol. The van der Waals surface area contributed by atoms with Gasteiger partial charge in [0, 0.05) is 47.6 Å². The molecule has 0 atom stereocenters. The zero-order valence-corrected chi connectivity index (χ0v) is 27.6. The Balaban J connectivity index is 1.21. The van der Waals surface area contributed by atoms with E-state index in [-0.39, 0.29) is 0 Å². The van der Waals surface area contributed by atoms with Gasteiger partial charge in [0.25, 0.3) is 0 Å². The molecule has 0 amide bonds. The maximum Gasteiger partial charge on any atom is 0.164 e. The van der Waals surface area contributed by atoms with E-state index in [2.05, 4.69) is 91.0 Å². The second-order valence-electron chi connectivity index (χ2n) is 12.5. The molecule has 4 nitrogen and oxygen atoms in total. The number of nitrogens with zero attached hydrogens (tertiary/aromatic N) is 3. The zero-order valence-electron chi connectivity index (χ0n) is 26.7. The van der Waals surface area contributed by atoms with Crippen LogP contribution in [0, 0.1) is 0 Å². The van der Waals surface area contributed by atoms with E-state index < -0.39 is 0 Å². The van der Waals surface area contributed by atoms with Crippen LogP contribution < -0.4 is 0 Å². The number of aromatic nitrogens is 3. The SMILES string of the molecule is c1ccc(-c2nc(-c3ccccc3)nc(-c3cc(-c4ccc5oc6ccccc6c5c4)cc(-c4ccc5sc6ccccc6c5c4)c3)n2)cc1. The van der Waals surface area contributed by atoms with Crippen molar-refractivity contribution in [3.8, 4) is 56.4 Å². The summed E-state index contributed by atoms with van der Waals surface area (Å²) in [5.74, 6) is 1.90. The third kappa shape index (κ3) is 4.95. The highest BCUT2D eigenvalue weighted by molar-refractivity contribution is 7.25. The van der Waals surface area contributed by atoms with Crippen LogP contribution >= 0.6 is 11.3 Å². The lowest BCUT2D eigenvalue weighted by Gasteiger charge is -2.13. The van der Waals surface area contributed by atoms with Gasteiger partial charge in [0.2, 0.25) is 0 Å². The van der Waals surface area contributed by atoms with Crippen molar-refractivity contribution >= 4 is 53.4 Å². The van der Waals surface area contributed by atoms with E-state index in [1.807, 2.05) is 84.1 Å². The number of hydrogen-bond acceptors (Lipinski definition) is 5. The normalized spacial score (nSPS) is 11.6. The lowest BCUT2D eigenvalue weighted by atomic mass is 9.94. The van der Waals surface area contributed by atoms with Crippen LogP contribution in [0.15, 0.2) is 168 Å². The highest BCUT2D eigenvalue weighted by Gasteiger charge is 2.16. The molecular formula is C45H27N3OS. The summed E-state index contributed by atoms with van der Waals surface area (Å²) in [6, 6.07) is 57.0. The smallest absolute Gasteiger partial charge is 0.164 e. The molecule has 3 aromatic heterocycles. The van der Waals surface area contributed by atoms with Gasteiger partial charge < -0.3 is 4.42 Å². The summed E-state index contributed by atoms with van der Waals surface area (Å²) in [4.78, 5) is 15.1. The van der Waals surface area contributed by atoms with E-state index in [0.29, 0.717) is 17.5 Å². The molecule has 0 spiro atoms. The Morgan fingerprint density at radius 3 is 1.52 bits per heavy atom. The standard InChI is InChI=1S/C45H27N3OS/c1-3-11-28(12-4-1)43-46-44(29-13-5-2-6-14-29)48-45(47-43)34-24-32(30-19-21-40-37(26-30)35-15-7-9-17-39(35)49-40)23-33(25-34)31-20-22-42-38(27-31)36-16-8-10-18-41(36)50-42/h1-27H. The quantitative estimate of drug-likeness (QED) is 0.185. The first-order chi connectivity index (χ1) is 24.7. The largest absolute Gasteiger partial charge is 0.456 e. The maximum atomic E-state index is 6.18. The predicted octanol–water partition coefficient (Wildman–Crippen LogP) is 12.5. The van der Waals surface area contributed by atoms with E-state index in [1.165, 1.54) is 20.2 Å². The van der Waals surface area contributed by atoms with E-state index in [4.69, 9.17) is 19.4 Å². The Morgan fingerprint density at radius 2 is 0.820 bits per heavy atom. The van der Waals surface area contributed by atoms with Gasteiger partial charge >= 0.3 is 0 Å². The highest BCUT2D eigenvalue weighted by Crippen LogP contribution is 2.40. The fourth-order valence-electron chi connectivity index (χ4n) is 6.84. The Kier molecular flexibility index (Phi) is 6.64. The fraction of sp³-hybridized carbons (Fsp3) is 0. The Hall–Kier alpha value is -6.43. The second-order valence-corrected chi connectivity index (χ2v) is 13.5. The van der Waals surface area contributed by atoms with Crippen molar-refractivity contribution in [2.24, 2.45) is 0 Å². The summed E-state index contributed by atoms with van der Waals surface area (Å²) >= 11 is 1.83. The maximum absolute atomic E-state index is 6.18. The molecule has 5 heteroatoms. The second kappa shape index (κ2) is 11.6. The van der Waals surface area contributed by atoms with E-state index in [1.54, 1.807) is 0 Å². The first-order valence-corrected chi connectivity index (χ1v) is 17.4. The van der Waals surface area contributed by atoms with Crippen molar-refractivity contribution < 1.29 is 4.42 Å². The number of furan rings is 1. The first-order valence-electron chi connectivity index (χ1n) is 16.6. The lowest BCUT2D eigenvalue weighted by Crippen LogP contribution is -2.00. The minimum Gasteiger partial charge on any atom is -0.456 e. The van der Waals surface area contributed by atoms with Gasteiger partial charge in [-0.2, -0.15) is 0 Å². The highest BCUT2D eigenvalue weighted by atomic mass is 32.1. The first kappa shape index (κ1) is 28.6. The average molecular weight is 658 g/mol. The van der Waals surface area contributed by atoms with Crippen LogP contribution in [0.4, 0.5) is 0 Å². The molecule has 0 radical (unpaired) electrons. The summed E-state index contributed by atoms with van der Waals surface area (Å²) in [5.41, 5.74) is 8.96. The van der Waals surface area contributed by atoms with Crippen molar-refractivity contribution in [1.29, 1.82) is 0 Å². The fourth-order valence-corrected chi connectivity index (χ4v) is 7.93. The topological polar surface area (TPSA) is 51.8 Å². The third-order valence-electron chi connectivity index (χ3n) is 9.31. The van der Waals surface area contributed by atoms with E-state index in [0.717, 1.165) is 60.9 Å². The minimum absolute atomic E-state index is 0.623. The number of rotatable bonds is 5. The molecule has 0 N–H and O–H groups in total. The van der Waals surface area contributed by atoms with Gasteiger partial charge in [-0.25, -0.2) is 15.0 Å². The van der Waals surface area contributed by atoms with Crippen LogP contribution in [0.5, 0.6) is 0 Å². The molecule has 50 heavy (non-hydrogen) atoms. The zero-order chi connectivity index (χ0) is 33.0. The molecular weight excluding hydrogens is 631 g/mol. The molecule has 7 aromatic carbocycles. The molecule has 10 aromatic rings. The molecule has 10 rings (SSSR count). The van der Waals surface area contributed by atoms with Gasteiger partial charge in [-0.1, -0.05) is 109 Å². The van der Waals surface area contributed by atoms with Gasteiger partial charge in [-0.15, -0.1) is 11.3 Å². The van der Waals surface area contributed by atoms with Crippen LogP contribution in [0.2, 0.25) is 0 Å². The van der Waals surface area contributed by atoms with Crippen molar-refractivity contribution in [3.05, 3.63) is 164 Å². The van der Waals surface area contributed by atoms with Gasteiger partial charge in [-0.3, -0.25) is 0 Å². The van der Waals surface area contributed by atoms with Crippen molar-refractivity contribution in [3.63, 3.8) is 0 Å². The van der Waals surface area contributed by atoms with Crippen LogP contribution in [0.3, 0.4) is 0 Å². The van der Waals surface area contributed by atoms with Gasteiger partial charge in [0.1, 0.15) is 11.2 Å². The Bertz CT molecular complexity index is 2680. The van der Waals surface area contributed by atoms with Crippen LogP contribution in [-0.2, 0) is 0 Å². The van der Waals surface area contributed by atoms with Gasteiger partial charge in [0.15, 0.2) is 17.5 Å². The molecule has 0 aliphatic heterocycles. The van der Waals surface area contributed by atoms with Gasteiger partial charge in [-0.05, 0) is 76.9 Å². The van der Waals surface area contributed by atoms with Crippen LogP contribution in [0.25, 0.3) is 98.5 Å². The number of hydrogen-bond donors (Lipinski definition) is 0.